The van der Waals surface area contributed by atoms with Crippen LogP contribution in [-0.4, -0.2) is 5.11 Å². The first-order valence-electron chi connectivity index (χ1n) is 1.04. The zero-order chi connectivity index (χ0) is 5.15. The molecule has 0 fully saturated rings. The van der Waals surface area contributed by atoms with Crippen LogP contribution in [0.3, 0.4) is 0 Å². The summed E-state index contributed by atoms with van der Waals surface area (Å²) in [4.78, 5) is 0. The van der Waals surface area contributed by atoms with Crippen LogP contribution in [0.1, 0.15) is 0 Å². The summed E-state index contributed by atoms with van der Waals surface area (Å²) in [6, 6.07) is -2.41. The van der Waals surface area contributed by atoms with Gasteiger partial charge in [-0.2, -0.15) is 13.2 Å². The predicted octanol–water partition coefficient (Wildman–Crippen LogP) is 1.58. The average molecular weight is 98.0 g/mol. The molecule has 0 aliphatic carbocycles. The number of hydrogen-bond donors (Lipinski definition) is 1. The van der Waals surface area contributed by atoms with Gasteiger partial charge in [-0.15, -0.1) is 0 Å². The van der Waals surface area contributed by atoms with E-state index in [0.717, 1.165) is 0 Å². The lowest BCUT2D eigenvalue weighted by Gasteiger charge is -1.73. The van der Waals surface area contributed by atoms with Crippen molar-refractivity contribution in [2.75, 3.05) is 0 Å². The monoisotopic (exact) mass is 98.0 g/mol. The summed E-state index contributed by atoms with van der Waals surface area (Å²) in [7, 11) is 0. The van der Waals surface area contributed by atoms with E-state index < -0.39 is 12.1 Å². The Bertz CT molecular complexity index is 58.9. The van der Waals surface area contributed by atoms with Gasteiger partial charge in [-0.05, 0) is 0 Å². The van der Waals surface area contributed by atoms with E-state index in [4.69, 9.17) is 5.11 Å². The van der Waals surface area contributed by atoms with Crippen molar-refractivity contribution in [3.63, 3.8) is 0 Å². The minimum atomic E-state index is -2.69. The van der Waals surface area contributed by atoms with Crippen LogP contribution in [-0.2, 0) is 0 Å². The van der Waals surface area contributed by atoms with Crippen molar-refractivity contribution in [1.82, 2.24) is 0 Å². The molecule has 0 bridgehead atoms. The van der Waals surface area contributed by atoms with Crippen molar-refractivity contribution >= 4 is 0 Å². The van der Waals surface area contributed by atoms with Crippen molar-refractivity contribution in [2.24, 2.45) is 0 Å². The molecule has 6 heavy (non-hydrogen) atoms. The molecular formula is C2HF3O. The lowest BCUT2D eigenvalue weighted by molar-refractivity contribution is 0.225. The molecule has 0 heterocycles. The van der Waals surface area contributed by atoms with Gasteiger partial charge in [0.25, 0.3) is 0 Å². The van der Waals surface area contributed by atoms with Crippen LogP contribution in [0, 0.1) is 0 Å². The van der Waals surface area contributed by atoms with E-state index in [-0.39, 0.29) is 0 Å². The van der Waals surface area contributed by atoms with Gasteiger partial charge in [-0.1, -0.05) is 0 Å². The van der Waals surface area contributed by atoms with E-state index in [1.165, 1.54) is 0 Å². The highest BCUT2D eigenvalue weighted by Gasteiger charge is 1.96. The molecular weight excluding hydrogens is 97.0 g/mol. The Kier molecular flexibility index (Phi) is 1.50. The lowest BCUT2D eigenvalue weighted by atomic mass is 11.0. The smallest absolute Gasteiger partial charge is 0.341 e. The lowest BCUT2D eigenvalue weighted by Crippen LogP contribution is -1.65. The summed E-state index contributed by atoms with van der Waals surface area (Å²) in [6.45, 7) is 0. The first-order valence-corrected chi connectivity index (χ1v) is 1.04. The maximum absolute atomic E-state index is 10.5. The number of aliphatic hydroxyl groups excluding tert-OH is 1. The summed E-state index contributed by atoms with van der Waals surface area (Å²) in [5.74, 6) is 0. The summed E-state index contributed by atoms with van der Waals surface area (Å²) >= 11 is 0. The Morgan fingerprint density at radius 2 is 1.33 bits per heavy atom. The molecule has 0 aliphatic rings. The number of aliphatic hydroxyl groups is 1. The quantitative estimate of drug-likeness (QED) is 0.456. The highest BCUT2D eigenvalue weighted by atomic mass is 19.3. The zero-order valence-electron chi connectivity index (χ0n) is 2.58. The van der Waals surface area contributed by atoms with Crippen LogP contribution in [0.5, 0.6) is 0 Å². The van der Waals surface area contributed by atoms with E-state index in [0.29, 0.717) is 0 Å². The van der Waals surface area contributed by atoms with Gasteiger partial charge in [0, 0.05) is 0 Å². The van der Waals surface area contributed by atoms with Crippen molar-refractivity contribution in [1.29, 1.82) is 0 Å². The molecule has 1 nitrogen and oxygen atoms in total. The summed E-state index contributed by atoms with van der Waals surface area (Å²) in [5.41, 5.74) is 0. The maximum atomic E-state index is 10.5. The largest absolute Gasteiger partial charge is 0.483 e. The second-order valence-corrected chi connectivity index (χ2v) is 0.551. The Balaban J connectivity index is 3.68. The van der Waals surface area contributed by atoms with Crippen molar-refractivity contribution in [3.05, 3.63) is 12.1 Å². The van der Waals surface area contributed by atoms with Crippen LogP contribution >= 0.6 is 0 Å². The van der Waals surface area contributed by atoms with Crippen LogP contribution in [0.4, 0.5) is 13.2 Å². The van der Waals surface area contributed by atoms with E-state index in [1.54, 1.807) is 0 Å². The van der Waals surface area contributed by atoms with Gasteiger partial charge in [0.15, 0.2) is 0 Å². The fraction of sp³-hybridized carbons (Fsp3) is 0. The van der Waals surface area contributed by atoms with Gasteiger partial charge in [-0.3, -0.25) is 0 Å². The fourth-order valence-corrected chi connectivity index (χ4v) is 0. The van der Waals surface area contributed by atoms with E-state index in [2.05, 4.69) is 0 Å². The summed E-state index contributed by atoms with van der Waals surface area (Å²) in [6.07, 6.45) is -2.69. The molecule has 0 atom stereocenters. The normalized spacial score (nSPS) is 7.83. The molecule has 0 spiro atoms. The molecule has 0 aromatic heterocycles. The third-order valence-electron chi connectivity index (χ3n) is 0.156. The van der Waals surface area contributed by atoms with E-state index in [1.807, 2.05) is 0 Å². The molecule has 0 saturated heterocycles. The molecule has 0 aliphatic heterocycles. The minimum Gasteiger partial charge on any atom is -0.483 e. The second-order valence-electron chi connectivity index (χ2n) is 0.551. The van der Waals surface area contributed by atoms with Gasteiger partial charge in [-0.25, -0.2) is 0 Å². The molecule has 0 unspecified atom stereocenters. The third-order valence-corrected chi connectivity index (χ3v) is 0.156. The van der Waals surface area contributed by atoms with Gasteiger partial charge < -0.3 is 5.11 Å². The van der Waals surface area contributed by atoms with Gasteiger partial charge in [0.1, 0.15) is 0 Å². The summed E-state index contributed by atoms with van der Waals surface area (Å²) < 4.78 is 31.3. The molecule has 0 aromatic rings. The van der Waals surface area contributed by atoms with Crippen LogP contribution < -0.4 is 0 Å². The zero-order valence-corrected chi connectivity index (χ0v) is 2.58. The molecule has 0 aromatic carbocycles. The first kappa shape index (κ1) is 5.33. The minimum absolute atomic E-state index is 2.41. The van der Waals surface area contributed by atoms with E-state index in [9.17, 15) is 13.2 Å². The van der Waals surface area contributed by atoms with Crippen molar-refractivity contribution < 1.29 is 18.3 Å². The molecule has 1 N–H and O–H groups in total. The first-order chi connectivity index (χ1) is 2.64. The second kappa shape index (κ2) is 1.69. The maximum Gasteiger partial charge on any atom is 0.341 e. The SMILES string of the molecule is OC(F)=C(F)F. The molecule has 36 valence electrons. The average Bonchev–Trinajstić information content (AvgIpc) is 1.36. The third kappa shape index (κ3) is 1.63. The van der Waals surface area contributed by atoms with Crippen molar-refractivity contribution in [3.8, 4) is 0 Å². The number of rotatable bonds is 0. The topological polar surface area (TPSA) is 20.2 Å². The molecule has 4 heteroatoms. The highest BCUT2D eigenvalue weighted by molar-refractivity contribution is 4.76. The van der Waals surface area contributed by atoms with Gasteiger partial charge in [0.2, 0.25) is 0 Å². The van der Waals surface area contributed by atoms with Gasteiger partial charge >= 0.3 is 12.1 Å². The Morgan fingerprint density at radius 3 is 1.33 bits per heavy atom. The van der Waals surface area contributed by atoms with Crippen LogP contribution in [0.2, 0.25) is 0 Å². The van der Waals surface area contributed by atoms with E-state index >= 15 is 0 Å². The highest BCUT2D eigenvalue weighted by Crippen LogP contribution is 2.02. The molecule has 0 amide bonds. The van der Waals surface area contributed by atoms with Gasteiger partial charge in [0.05, 0.1) is 0 Å². The number of hydrogen-bond acceptors (Lipinski definition) is 1. The van der Waals surface area contributed by atoms with Crippen LogP contribution in [0.15, 0.2) is 12.1 Å². The molecule has 0 saturated carbocycles. The Morgan fingerprint density at radius 1 is 1.17 bits per heavy atom. The standard InChI is InChI=1S/C2HF3O/c3-1(4)2(5)6/h6H. The predicted molar refractivity (Wildman–Crippen MR) is 13.0 cm³/mol. The van der Waals surface area contributed by atoms with Crippen LogP contribution in [0.25, 0.3) is 0 Å². The summed E-state index contributed by atoms with van der Waals surface area (Å²) in [5, 5.41) is 7.09. The van der Waals surface area contributed by atoms with Crippen molar-refractivity contribution in [2.45, 2.75) is 0 Å². The Labute approximate surface area is 31.7 Å². The number of halogens is 3. The Hall–Kier alpha value is -0.670. The molecule has 0 radical (unpaired) electrons. The molecule has 0 rings (SSSR count). The fourth-order valence-electron chi connectivity index (χ4n) is 0.